The highest BCUT2D eigenvalue weighted by Gasteiger charge is 2.16. The van der Waals surface area contributed by atoms with E-state index in [4.69, 9.17) is 16.3 Å². The molecule has 0 saturated heterocycles. The molecule has 0 saturated carbocycles. The van der Waals surface area contributed by atoms with Gasteiger partial charge in [0, 0.05) is 22.0 Å². The van der Waals surface area contributed by atoms with Gasteiger partial charge in [0.1, 0.15) is 5.75 Å². The van der Waals surface area contributed by atoms with Crippen LogP contribution in [0.3, 0.4) is 0 Å². The highest BCUT2D eigenvalue weighted by Crippen LogP contribution is 2.29. The van der Waals surface area contributed by atoms with E-state index in [0.29, 0.717) is 5.02 Å². The van der Waals surface area contributed by atoms with Gasteiger partial charge in [-0.2, -0.15) is 0 Å². The van der Waals surface area contributed by atoms with Crippen LogP contribution in [0.2, 0.25) is 5.02 Å². The Kier molecular flexibility index (Phi) is 6.00. The number of benzene rings is 2. The molecule has 0 atom stereocenters. The lowest BCUT2D eigenvalue weighted by Crippen LogP contribution is -2.00. The van der Waals surface area contributed by atoms with Crippen molar-refractivity contribution < 1.29 is 4.74 Å². The minimum atomic E-state index is 0.705. The molecule has 2 aromatic carbocycles. The van der Waals surface area contributed by atoms with Gasteiger partial charge in [-0.3, -0.25) is 4.57 Å². The summed E-state index contributed by atoms with van der Waals surface area (Å²) in [5, 5.41) is 10.4. The first-order valence-electron chi connectivity index (χ1n) is 8.21. The summed E-state index contributed by atoms with van der Waals surface area (Å²) in [4.78, 5) is 0. The second kappa shape index (κ2) is 8.41. The fraction of sp³-hybridized carbons (Fsp3) is 0.263. The Labute approximate surface area is 157 Å². The monoisotopic (exact) mass is 373 g/mol. The maximum atomic E-state index is 6.02. The number of hydrogen-bond acceptors (Lipinski definition) is 4. The summed E-state index contributed by atoms with van der Waals surface area (Å²) in [7, 11) is 1.67. The van der Waals surface area contributed by atoms with E-state index in [0.717, 1.165) is 46.6 Å². The molecular weight excluding hydrogens is 354 g/mol. The lowest BCUT2D eigenvalue weighted by Gasteiger charge is -2.11. The Morgan fingerprint density at radius 3 is 2.40 bits per heavy atom. The molecule has 130 valence electrons. The van der Waals surface area contributed by atoms with E-state index in [1.807, 2.05) is 48.5 Å². The molecule has 1 aromatic heterocycles. The molecule has 0 aliphatic carbocycles. The summed E-state index contributed by atoms with van der Waals surface area (Å²) >= 11 is 7.75. The third-order valence-electron chi connectivity index (χ3n) is 3.80. The number of nitrogens with zero attached hydrogens (tertiary/aromatic N) is 3. The summed E-state index contributed by atoms with van der Waals surface area (Å²) in [5.74, 6) is 2.65. The van der Waals surface area contributed by atoms with Crippen LogP contribution in [0.15, 0.2) is 53.7 Å². The van der Waals surface area contributed by atoms with Crippen molar-refractivity contribution in [2.45, 2.75) is 24.9 Å². The quantitative estimate of drug-likeness (QED) is 0.405. The summed E-state index contributed by atoms with van der Waals surface area (Å²) < 4.78 is 7.35. The second-order valence-electron chi connectivity index (χ2n) is 5.55. The van der Waals surface area contributed by atoms with Crippen molar-refractivity contribution in [3.63, 3.8) is 0 Å². The van der Waals surface area contributed by atoms with Gasteiger partial charge in [0.2, 0.25) is 0 Å². The zero-order valence-electron chi connectivity index (χ0n) is 14.3. The fourth-order valence-electron chi connectivity index (χ4n) is 2.42. The van der Waals surface area contributed by atoms with Crippen LogP contribution in [-0.2, 0) is 0 Å². The van der Waals surface area contributed by atoms with E-state index in [9.17, 15) is 0 Å². The zero-order valence-corrected chi connectivity index (χ0v) is 15.8. The van der Waals surface area contributed by atoms with Crippen LogP contribution in [0.25, 0.3) is 17.1 Å². The summed E-state index contributed by atoms with van der Waals surface area (Å²) in [6, 6.07) is 15.6. The molecule has 1 heterocycles. The first-order chi connectivity index (χ1) is 12.2. The van der Waals surface area contributed by atoms with Crippen LogP contribution in [0.4, 0.5) is 0 Å². The van der Waals surface area contributed by atoms with Gasteiger partial charge in [-0.15, -0.1) is 10.2 Å². The minimum absolute atomic E-state index is 0.705. The number of halogens is 1. The van der Waals surface area contributed by atoms with E-state index < -0.39 is 0 Å². The molecule has 3 aromatic rings. The highest BCUT2D eigenvalue weighted by atomic mass is 35.5. The van der Waals surface area contributed by atoms with E-state index >= 15 is 0 Å². The van der Waals surface area contributed by atoms with Gasteiger partial charge in [0.05, 0.1) is 7.11 Å². The molecule has 0 N–H and O–H groups in total. The van der Waals surface area contributed by atoms with Crippen LogP contribution in [0.1, 0.15) is 19.8 Å². The second-order valence-corrected chi connectivity index (χ2v) is 7.05. The number of unbranched alkanes of at least 4 members (excludes halogenated alkanes) is 1. The third kappa shape index (κ3) is 4.17. The van der Waals surface area contributed by atoms with E-state index in [1.165, 1.54) is 0 Å². The van der Waals surface area contributed by atoms with Crippen molar-refractivity contribution in [2.24, 2.45) is 0 Å². The van der Waals surface area contributed by atoms with Gasteiger partial charge in [-0.05, 0) is 55.0 Å². The van der Waals surface area contributed by atoms with E-state index in [1.54, 1.807) is 18.9 Å². The van der Waals surface area contributed by atoms with Gasteiger partial charge in [-0.25, -0.2) is 0 Å². The first kappa shape index (κ1) is 17.8. The largest absolute Gasteiger partial charge is 0.497 e. The van der Waals surface area contributed by atoms with Crippen LogP contribution in [-0.4, -0.2) is 27.6 Å². The van der Waals surface area contributed by atoms with Gasteiger partial charge in [-0.1, -0.05) is 36.7 Å². The van der Waals surface area contributed by atoms with Crippen molar-refractivity contribution >= 4 is 23.4 Å². The molecule has 3 rings (SSSR count). The summed E-state index contributed by atoms with van der Waals surface area (Å²) in [5.41, 5.74) is 1.99. The minimum Gasteiger partial charge on any atom is -0.497 e. The Balaban J connectivity index is 2.03. The predicted octanol–water partition coefficient (Wildman–Crippen LogP) is 5.49. The molecule has 0 bridgehead atoms. The van der Waals surface area contributed by atoms with Gasteiger partial charge >= 0.3 is 0 Å². The maximum absolute atomic E-state index is 6.02. The molecular formula is C19H20ClN3OS. The molecule has 0 aliphatic rings. The maximum Gasteiger partial charge on any atom is 0.196 e. The van der Waals surface area contributed by atoms with E-state index in [-0.39, 0.29) is 0 Å². The standard InChI is InChI=1S/C19H20ClN3OS/c1-3-4-13-25-19-22-21-18(14-5-7-15(20)8-6-14)23(19)16-9-11-17(24-2)12-10-16/h5-12H,3-4,13H2,1-2H3. The smallest absolute Gasteiger partial charge is 0.196 e. The number of rotatable bonds is 7. The predicted molar refractivity (Wildman–Crippen MR) is 104 cm³/mol. The van der Waals surface area contributed by atoms with Crippen molar-refractivity contribution in [1.82, 2.24) is 14.8 Å². The summed E-state index contributed by atoms with van der Waals surface area (Å²) in [6.07, 6.45) is 2.31. The van der Waals surface area contributed by atoms with Gasteiger partial charge in [0.25, 0.3) is 0 Å². The molecule has 0 unspecified atom stereocenters. The molecule has 25 heavy (non-hydrogen) atoms. The van der Waals surface area contributed by atoms with Crippen molar-refractivity contribution in [1.29, 1.82) is 0 Å². The Bertz CT molecular complexity index is 816. The molecule has 0 aliphatic heterocycles. The van der Waals surface area contributed by atoms with Crippen LogP contribution in [0.5, 0.6) is 5.75 Å². The molecule has 0 radical (unpaired) electrons. The number of hydrogen-bond donors (Lipinski definition) is 0. The average molecular weight is 374 g/mol. The molecule has 0 fully saturated rings. The molecule has 0 amide bonds. The SMILES string of the molecule is CCCCSc1nnc(-c2ccc(Cl)cc2)n1-c1ccc(OC)cc1. The molecule has 4 nitrogen and oxygen atoms in total. The van der Waals surface area contributed by atoms with Crippen molar-refractivity contribution in [3.05, 3.63) is 53.6 Å². The van der Waals surface area contributed by atoms with Crippen LogP contribution >= 0.6 is 23.4 Å². The van der Waals surface area contributed by atoms with Crippen LogP contribution < -0.4 is 4.74 Å². The van der Waals surface area contributed by atoms with E-state index in [2.05, 4.69) is 21.7 Å². The normalized spacial score (nSPS) is 10.8. The first-order valence-corrected chi connectivity index (χ1v) is 9.58. The number of methoxy groups -OCH3 is 1. The Hall–Kier alpha value is -1.98. The molecule has 6 heteroatoms. The molecule has 0 spiro atoms. The highest BCUT2D eigenvalue weighted by molar-refractivity contribution is 7.99. The lowest BCUT2D eigenvalue weighted by atomic mass is 10.2. The third-order valence-corrected chi connectivity index (χ3v) is 5.06. The average Bonchev–Trinajstić information content (AvgIpc) is 3.06. The topological polar surface area (TPSA) is 39.9 Å². The number of aromatic nitrogens is 3. The lowest BCUT2D eigenvalue weighted by molar-refractivity contribution is 0.414. The number of ether oxygens (including phenoxy) is 1. The fourth-order valence-corrected chi connectivity index (χ4v) is 3.58. The van der Waals surface area contributed by atoms with Gasteiger partial charge < -0.3 is 4.74 Å². The van der Waals surface area contributed by atoms with Crippen molar-refractivity contribution in [3.8, 4) is 22.8 Å². The van der Waals surface area contributed by atoms with Crippen molar-refractivity contribution in [2.75, 3.05) is 12.9 Å². The Morgan fingerprint density at radius 1 is 1.04 bits per heavy atom. The Morgan fingerprint density at radius 2 is 1.76 bits per heavy atom. The number of thioether (sulfide) groups is 1. The zero-order chi connectivity index (χ0) is 17.6. The van der Waals surface area contributed by atoms with Gasteiger partial charge in [0.15, 0.2) is 11.0 Å². The summed E-state index contributed by atoms with van der Waals surface area (Å²) in [6.45, 7) is 2.19. The van der Waals surface area contributed by atoms with Crippen LogP contribution in [0, 0.1) is 0 Å².